The van der Waals surface area contributed by atoms with Crippen LogP contribution in [-0.4, -0.2) is 38.0 Å². The molecule has 0 aliphatic rings. The highest BCUT2D eigenvalue weighted by atomic mass is 15.1. The van der Waals surface area contributed by atoms with E-state index in [1.54, 1.807) is 0 Å². The number of nitrogens with zero attached hydrogens (tertiary/aromatic N) is 3. The summed E-state index contributed by atoms with van der Waals surface area (Å²) in [7, 11) is 8.64. The summed E-state index contributed by atoms with van der Waals surface area (Å²) in [5.74, 6) is 0. The molecule has 2 atom stereocenters. The highest BCUT2D eigenvalue weighted by Gasteiger charge is 2.27. The zero-order valence-electron chi connectivity index (χ0n) is 21.7. The second kappa shape index (κ2) is 10.6. The van der Waals surface area contributed by atoms with E-state index in [0.29, 0.717) is 23.1 Å². The molecular weight excluding hydrogens is 390 g/mol. The molecule has 0 amide bonds. The Morgan fingerprint density at radius 1 is 0.719 bits per heavy atom. The molecule has 0 heterocycles. The summed E-state index contributed by atoms with van der Waals surface area (Å²) in [6.45, 7) is 11.7. The van der Waals surface area contributed by atoms with E-state index in [1.165, 1.54) is 16.7 Å². The van der Waals surface area contributed by atoms with Crippen molar-refractivity contribution in [1.82, 2.24) is 9.80 Å². The maximum Gasteiger partial charge on any atom is 0.0991 e. The van der Waals surface area contributed by atoms with Gasteiger partial charge in [-0.1, -0.05) is 71.0 Å². The summed E-state index contributed by atoms with van der Waals surface area (Å²) in [4.78, 5) is 4.63. The lowest BCUT2D eigenvalue weighted by Crippen LogP contribution is -2.27. The van der Waals surface area contributed by atoms with Crippen LogP contribution in [-0.2, 0) is 6.42 Å². The van der Waals surface area contributed by atoms with Crippen LogP contribution in [0.1, 0.15) is 81.8 Å². The van der Waals surface area contributed by atoms with E-state index in [1.807, 2.05) is 12.1 Å². The Morgan fingerprint density at radius 3 is 1.56 bits per heavy atom. The van der Waals surface area contributed by atoms with Crippen LogP contribution >= 0.6 is 0 Å². The minimum atomic E-state index is 0.150. The van der Waals surface area contributed by atoms with Crippen molar-refractivity contribution in [3.05, 3.63) is 70.8 Å². The third-order valence-corrected chi connectivity index (χ3v) is 6.27. The van der Waals surface area contributed by atoms with Gasteiger partial charge >= 0.3 is 0 Å². The maximum absolute atomic E-state index is 9.10. The lowest BCUT2D eigenvalue weighted by atomic mass is 9.78. The Kier molecular flexibility index (Phi) is 8.68. The van der Waals surface area contributed by atoms with Crippen molar-refractivity contribution in [3.8, 4) is 6.07 Å². The molecule has 2 unspecified atom stereocenters. The minimum Gasteiger partial charge on any atom is -0.302 e. The first kappa shape index (κ1) is 26.1. The second-order valence-corrected chi connectivity index (χ2v) is 11.7. The van der Waals surface area contributed by atoms with Crippen molar-refractivity contribution in [2.75, 3.05) is 28.2 Å². The predicted octanol–water partition coefficient (Wildman–Crippen LogP) is 6.86. The van der Waals surface area contributed by atoms with Crippen molar-refractivity contribution >= 4 is 0 Å². The molecule has 0 aliphatic heterocycles. The summed E-state index contributed by atoms with van der Waals surface area (Å²) in [5.41, 5.74) is 5.22. The monoisotopic (exact) mass is 433 g/mol. The second-order valence-electron chi connectivity index (χ2n) is 11.7. The molecule has 2 aromatic rings. The van der Waals surface area contributed by atoms with E-state index in [0.717, 1.165) is 19.3 Å². The molecular formula is C29H43N3. The first-order chi connectivity index (χ1) is 14.8. The topological polar surface area (TPSA) is 30.3 Å². The Morgan fingerprint density at radius 2 is 1.16 bits per heavy atom. The van der Waals surface area contributed by atoms with Crippen molar-refractivity contribution in [2.24, 2.45) is 10.8 Å². The number of nitriles is 1. The predicted molar refractivity (Wildman–Crippen MR) is 137 cm³/mol. The molecule has 3 nitrogen and oxygen atoms in total. The Labute approximate surface area is 197 Å². The van der Waals surface area contributed by atoms with Crippen LogP contribution in [0.3, 0.4) is 0 Å². The van der Waals surface area contributed by atoms with Gasteiger partial charge in [-0.3, -0.25) is 0 Å². The van der Waals surface area contributed by atoms with Crippen molar-refractivity contribution < 1.29 is 0 Å². The molecule has 0 spiro atoms. The van der Waals surface area contributed by atoms with Gasteiger partial charge in [-0.2, -0.15) is 5.26 Å². The van der Waals surface area contributed by atoms with Gasteiger partial charge in [0.05, 0.1) is 11.6 Å². The van der Waals surface area contributed by atoms with Crippen LogP contribution in [0.5, 0.6) is 0 Å². The van der Waals surface area contributed by atoms with E-state index < -0.39 is 0 Å². The largest absolute Gasteiger partial charge is 0.302 e. The lowest BCUT2D eigenvalue weighted by molar-refractivity contribution is 0.196. The van der Waals surface area contributed by atoms with Crippen molar-refractivity contribution in [2.45, 2.75) is 66.0 Å². The fourth-order valence-electron chi connectivity index (χ4n) is 4.56. The molecule has 0 aromatic heterocycles. The van der Waals surface area contributed by atoms with Crippen molar-refractivity contribution in [1.29, 1.82) is 5.26 Å². The van der Waals surface area contributed by atoms with Gasteiger partial charge in [0.1, 0.15) is 0 Å². The molecule has 0 aliphatic carbocycles. The summed E-state index contributed by atoms with van der Waals surface area (Å²) in [6.07, 6.45) is 3.23. The molecule has 0 saturated heterocycles. The fourth-order valence-corrected chi connectivity index (χ4v) is 4.56. The van der Waals surface area contributed by atoms with Gasteiger partial charge in [0.15, 0.2) is 0 Å². The summed E-state index contributed by atoms with van der Waals surface area (Å²) in [5, 5.41) is 9.10. The maximum atomic E-state index is 9.10. The Bertz CT molecular complexity index is 878. The average molecular weight is 434 g/mol. The number of hydrogen-bond donors (Lipinski definition) is 0. The summed E-state index contributed by atoms with van der Waals surface area (Å²) < 4.78 is 0. The molecule has 3 heteroatoms. The van der Waals surface area contributed by atoms with Gasteiger partial charge in [-0.25, -0.2) is 0 Å². The minimum absolute atomic E-state index is 0.150. The third kappa shape index (κ3) is 7.76. The average Bonchev–Trinajstić information content (AvgIpc) is 2.70. The van der Waals surface area contributed by atoms with E-state index in [2.05, 4.69) is 115 Å². The van der Waals surface area contributed by atoms with Gasteiger partial charge in [0.25, 0.3) is 0 Å². The molecule has 0 N–H and O–H groups in total. The Hall–Kier alpha value is -2.15. The normalized spacial score (nSPS) is 14.4. The highest BCUT2D eigenvalue weighted by molar-refractivity contribution is 5.33. The van der Waals surface area contributed by atoms with Gasteiger partial charge in [0.2, 0.25) is 0 Å². The van der Waals surface area contributed by atoms with Gasteiger partial charge in [-0.15, -0.1) is 0 Å². The lowest BCUT2D eigenvalue weighted by Gasteiger charge is -2.34. The number of hydrogen-bond acceptors (Lipinski definition) is 3. The van der Waals surface area contributed by atoms with Gasteiger partial charge in [0, 0.05) is 12.1 Å². The fraction of sp³-hybridized carbons (Fsp3) is 0.552. The van der Waals surface area contributed by atoms with Crippen LogP contribution in [0, 0.1) is 22.2 Å². The zero-order valence-corrected chi connectivity index (χ0v) is 21.7. The highest BCUT2D eigenvalue weighted by Crippen LogP contribution is 2.37. The van der Waals surface area contributed by atoms with Crippen LogP contribution in [0.15, 0.2) is 48.5 Å². The number of benzene rings is 2. The standard InChI is InChI=1S/C29H43N3/c1-28(2,3)19-26(31(6)7)24-14-10-22(11-15-24)18-29(4,5)20-27(32(8)9)25-16-12-23(21-30)13-17-25/h10-17,26-27H,18-20H2,1-9H3. The molecule has 2 aromatic carbocycles. The van der Waals surface area contributed by atoms with Gasteiger partial charge < -0.3 is 9.80 Å². The SMILES string of the molecule is CN(C)C(CC(C)(C)C)c1ccc(CC(C)(C)CC(c2ccc(C#N)cc2)N(C)C)cc1. The van der Waals surface area contributed by atoms with Crippen LogP contribution < -0.4 is 0 Å². The molecule has 0 bridgehead atoms. The van der Waals surface area contributed by atoms with Crippen LogP contribution in [0.4, 0.5) is 0 Å². The molecule has 0 fully saturated rings. The quantitative estimate of drug-likeness (QED) is 0.433. The summed E-state index contributed by atoms with van der Waals surface area (Å²) in [6, 6.07) is 20.3. The molecule has 2 rings (SSSR count). The van der Waals surface area contributed by atoms with Crippen LogP contribution in [0.2, 0.25) is 0 Å². The molecule has 0 radical (unpaired) electrons. The van der Waals surface area contributed by atoms with Crippen LogP contribution in [0.25, 0.3) is 0 Å². The van der Waals surface area contributed by atoms with E-state index >= 15 is 0 Å². The smallest absolute Gasteiger partial charge is 0.0991 e. The van der Waals surface area contributed by atoms with Crippen molar-refractivity contribution in [3.63, 3.8) is 0 Å². The van der Waals surface area contributed by atoms with E-state index in [4.69, 9.17) is 5.26 Å². The zero-order chi connectivity index (χ0) is 24.1. The molecule has 174 valence electrons. The molecule has 0 saturated carbocycles. The molecule has 32 heavy (non-hydrogen) atoms. The number of rotatable bonds is 9. The van der Waals surface area contributed by atoms with E-state index in [-0.39, 0.29) is 5.41 Å². The van der Waals surface area contributed by atoms with E-state index in [9.17, 15) is 0 Å². The first-order valence-corrected chi connectivity index (χ1v) is 11.7. The Balaban J connectivity index is 2.14. The first-order valence-electron chi connectivity index (χ1n) is 11.7. The third-order valence-electron chi connectivity index (χ3n) is 6.27. The summed E-state index contributed by atoms with van der Waals surface area (Å²) >= 11 is 0. The van der Waals surface area contributed by atoms with Gasteiger partial charge in [-0.05, 0) is 87.1 Å².